The molecular weight excluding hydrogens is 456 g/mol. The van der Waals surface area contributed by atoms with Crippen molar-refractivity contribution in [2.45, 2.75) is 25.3 Å². The first-order chi connectivity index (χ1) is 14.8. The minimum absolute atomic E-state index is 0.0780. The quantitative estimate of drug-likeness (QED) is 0.405. The number of hydrogen-bond acceptors (Lipinski definition) is 5. The van der Waals surface area contributed by atoms with E-state index in [9.17, 15) is 13.2 Å². The highest BCUT2D eigenvalue weighted by Crippen LogP contribution is 2.29. The van der Waals surface area contributed by atoms with Crippen LogP contribution in [0.2, 0.25) is 5.02 Å². The highest BCUT2D eigenvalue weighted by Gasteiger charge is 2.20. The van der Waals surface area contributed by atoms with Gasteiger partial charge in [0.1, 0.15) is 5.69 Å². The fourth-order valence-corrected chi connectivity index (χ4v) is 5.43. The molecule has 10 heteroatoms. The van der Waals surface area contributed by atoms with Crippen molar-refractivity contribution in [1.82, 2.24) is 9.55 Å². The summed E-state index contributed by atoms with van der Waals surface area (Å²) in [4.78, 5) is 17.1. The predicted molar refractivity (Wildman–Crippen MR) is 125 cm³/mol. The number of halogens is 1. The zero-order chi connectivity index (χ0) is 22.2. The SMILES string of the molecule is CCn1c(C(=O)Nc2ccc(S(=O)(=O)Nc3nccs3)cc2)c(C)c2cc(Cl)ccc21. The summed E-state index contributed by atoms with van der Waals surface area (Å²) < 4.78 is 29.3. The van der Waals surface area contributed by atoms with Gasteiger partial charge in [0.05, 0.1) is 4.90 Å². The van der Waals surface area contributed by atoms with E-state index in [4.69, 9.17) is 11.6 Å². The van der Waals surface area contributed by atoms with Crippen molar-refractivity contribution in [2.24, 2.45) is 0 Å². The first-order valence-electron chi connectivity index (χ1n) is 9.42. The van der Waals surface area contributed by atoms with Gasteiger partial charge in [-0.25, -0.2) is 13.4 Å². The summed E-state index contributed by atoms with van der Waals surface area (Å²) in [5, 5.41) is 6.37. The number of rotatable bonds is 6. The number of sulfonamides is 1. The third-order valence-corrected chi connectivity index (χ3v) is 7.29. The van der Waals surface area contributed by atoms with Crippen LogP contribution in [0.15, 0.2) is 58.9 Å². The standard InChI is InChI=1S/C21H19ClN4O3S2/c1-3-26-18-9-4-14(22)12-17(18)13(2)19(26)20(27)24-15-5-7-16(8-6-15)31(28,29)25-21-23-10-11-30-21/h4-12H,3H2,1-2H3,(H,23,25)(H,24,27). The van der Waals surface area contributed by atoms with Crippen LogP contribution in [-0.2, 0) is 16.6 Å². The van der Waals surface area contributed by atoms with E-state index in [-0.39, 0.29) is 10.8 Å². The Morgan fingerprint density at radius 3 is 2.58 bits per heavy atom. The van der Waals surface area contributed by atoms with Crippen molar-refractivity contribution in [3.63, 3.8) is 0 Å². The van der Waals surface area contributed by atoms with Gasteiger partial charge in [-0.3, -0.25) is 9.52 Å². The number of benzene rings is 2. The van der Waals surface area contributed by atoms with Crippen LogP contribution in [0.25, 0.3) is 10.9 Å². The zero-order valence-electron chi connectivity index (χ0n) is 16.7. The van der Waals surface area contributed by atoms with E-state index in [1.54, 1.807) is 23.6 Å². The van der Waals surface area contributed by atoms with Gasteiger partial charge in [-0.2, -0.15) is 0 Å². The molecule has 0 aliphatic rings. The Kier molecular flexibility index (Phi) is 5.74. The number of amides is 1. The number of nitrogens with zero attached hydrogens (tertiary/aromatic N) is 2. The summed E-state index contributed by atoms with van der Waals surface area (Å²) in [6.45, 7) is 4.48. The monoisotopic (exact) mass is 474 g/mol. The largest absolute Gasteiger partial charge is 0.337 e. The number of aryl methyl sites for hydroxylation is 2. The second-order valence-electron chi connectivity index (χ2n) is 6.80. The summed E-state index contributed by atoms with van der Waals surface area (Å²) >= 11 is 7.33. The number of fused-ring (bicyclic) bond motifs is 1. The smallest absolute Gasteiger partial charge is 0.272 e. The Balaban J connectivity index is 1.59. The third-order valence-electron chi connectivity index (χ3n) is 4.89. The minimum atomic E-state index is -3.75. The molecule has 160 valence electrons. The summed E-state index contributed by atoms with van der Waals surface area (Å²) in [5.41, 5.74) is 2.80. The zero-order valence-corrected chi connectivity index (χ0v) is 19.1. The van der Waals surface area contributed by atoms with E-state index in [0.717, 1.165) is 16.5 Å². The molecule has 2 heterocycles. The number of thiazole rings is 1. The van der Waals surface area contributed by atoms with Crippen LogP contribution in [0.4, 0.5) is 10.8 Å². The molecule has 0 aliphatic heterocycles. The molecule has 1 amide bonds. The van der Waals surface area contributed by atoms with Gasteiger partial charge in [0, 0.05) is 39.7 Å². The van der Waals surface area contributed by atoms with Gasteiger partial charge >= 0.3 is 0 Å². The first-order valence-corrected chi connectivity index (χ1v) is 12.2. The molecule has 0 atom stereocenters. The highest BCUT2D eigenvalue weighted by atomic mass is 35.5. The average molecular weight is 475 g/mol. The molecule has 0 saturated heterocycles. The fraction of sp³-hybridized carbons (Fsp3) is 0.143. The minimum Gasteiger partial charge on any atom is -0.337 e. The lowest BCUT2D eigenvalue weighted by atomic mass is 10.1. The molecule has 2 aromatic heterocycles. The number of nitrogens with one attached hydrogen (secondary N) is 2. The van der Waals surface area contributed by atoms with Crippen molar-refractivity contribution >= 4 is 60.6 Å². The number of carbonyl (C=O) groups excluding carboxylic acids is 1. The first kappa shape index (κ1) is 21.4. The Bertz CT molecular complexity index is 1360. The van der Waals surface area contributed by atoms with E-state index in [0.29, 0.717) is 28.1 Å². The van der Waals surface area contributed by atoms with E-state index >= 15 is 0 Å². The van der Waals surface area contributed by atoms with Crippen LogP contribution < -0.4 is 10.0 Å². The Hall–Kier alpha value is -2.88. The molecule has 2 aromatic carbocycles. The molecule has 0 unspecified atom stereocenters. The van der Waals surface area contributed by atoms with Gasteiger partial charge in [-0.15, -0.1) is 11.3 Å². The topological polar surface area (TPSA) is 93.1 Å². The summed E-state index contributed by atoms with van der Waals surface area (Å²) in [5.74, 6) is -0.275. The maximum Gasteiger partial charge on any atom is 0.272 e. The number of hydrogen-bond donors (Lipinski definition) is 2. The lowest BCUT2D eigenvalue weighted by molar-refractivity contribution is 0.101. The summed E-state index contributed by atoms with van der Waals surface area (Å²) in [6, 6.07) is 11.5. The fourth-order valence-electron chi connectivity index (χ4n) is 3.47. The molecule has 2 N–H and O–H groups in total. The lowest BCUT2D eigenvalue weighted by Gasteiger charge is -2.11. The Morgan fingerprint density at radius 1 is 1.19 bits per heavy atom. The maximum atomic E-state index is 13.1. The van der Waals surface area contributed by atoms with Crippen molar-refractivity contribution in [1.29, 1.82) is 0 Å². The average Bonchev–Trinajstić information content (AvgIpc) is 3.33. The maximum absolute atomic E-state index is 13.1. The molecule has 0 saturated carbocycles. The van der Waals surface area contributed by atoms with Crippen LogP contribution >= 0.6 is 22.9 Å². The van der Waals surface area contributed by atoms with Crippen LogP contribution in [0.1, 0.15) is 23.0 Å². The summed E-state index contributed by atoms with van der Waals surface area (Å²) in [7, 11) is -3.75. The van der Waals surface area contributed by atoms with Gasteiger partial charge in [0.2, 0.25) is 0 Å². The molecule has 31 heavy (non-hydrogen) atoms. The summed E-state index contributed by atoms with van der Waals surface area (Å²) in [6.07, 6.45) is 1.52. The van der Waals surface area contributed by atoms with Crippen molar-refractivity contribution < 1.29 is 13.2 Å². The second kappa shape index (κ2) is 8.33. The molecule has 4 aromatic rings. The van der Waals surface area contributed by atoms with Crippen LogP contribution in [-0.4, -0.2) is 23.9 Å². The van der Waals surface area contributed by atoms with E-state index < -0.39 is 10.0 Å². The number of carbonyl (C=O) groups is 1. The van der Waals surface area contributed by atoms with Gasteiger partial charge in [-0.05, 0) is 61.9 Å². The van der Waals surface area contributed by atoms with Crippen LogP contribution in [0, 0.1) is 6.92 Å². The molecule has 0 radical (unpaired) electrons. The van der Waals surface area contributed by atoms with Crippen LogP contribution in [0.3, 0.4) is 0 Å². The third kappa shape index (κ3) is 4.16. The van der Waals surface area contributed by atoms with E-state index in [2.05, 4.69) is 15.0 Å². The van der Waals surface area contributed by atoms with E-state index in [1.165, 1.54) is 29.7 Å². The van der Waals surface area contributed by atoms with E-state index in [1.807, 2.05) is 30.5 Å². The van der Waals surface area contributed by atoms with Gasteiger partial charge in [0.15, 0.2) is 5.13 Å². The second-order valence-corrected chi connectivity index (χ2v) is 9.81. The number of anilines is 2. The van der Waals surface area contributed by atoms with Crippen molar-refractivity contribution in [3.8, 4) is 0 Å². The molecular formula is C21H19ClN4O3S2. The number of aromatic nitrogens is 2. The van der Waals surface area contributed by atoms with Gasteiger partial charge < -0.3 is 9.88 Å². The van der Waals surface area contributed by atoms with Crippen molar-refractivity contribution in [3.05, 3.63) is 70.3 Å². The van der Waals surface area contributed by atoms with Crippen molar-refractivity contribution in [2.75, 3.05) is 10.0 Å². The molecule has 0 spiro atoms. The normalized spacial score (nSPS) is 11.6. The predicted octanol–water partition coefficient (Wildman–Crippen LogP) is 5.13. The molecule has 7 nitrogen and oxygen atoms in total. The lowest BCUT2D eigenvalue weighted by Crippen LogP contribution is -2.18. The Labute approximate surface area is 188 Å². The molecule has 4 rings (SSSR count). The Morgan fingerprint density at radius 2 is 1.94 bits per heavy atom. The van der Waals surface area contributed by atoms with Gasteiger partial charge in [0.25, 0.3) is 15.9 Å². The molecule has 0 bridgehead atoms. The highest BCUT2D eigenvalue weighted by molar-refractivity contribution is 7.93. The molecule has 0 aliphatic carbocycles. The molecule has 0 fully saturated rings. The van der Waals surface area contributed by atoms with Crippen LogP contribution in [0.5, 0.6) is 0 Å². The van der Waals surface area contributed by atoms with Gasteiger partial charge in [-0.1, -0.05) is 11.6 Å².